The second-order valence-electron chi connectivity index (χ2n) is 8.14. The topological polar surface area (TPSA) is 59.2 Å². The Morgan fingerprint density at radius 2 is 1.93 bits per heavy atom. The van der Waals surface area contributed by atoms with Crippen LogP contribution in [-0.2, 0) is 10.2 Å². The largest absolute Gasteiger partial charge is 0.411 e. The monoisotopic (exact) mass is 419 g/mol. The van der Waals surface area contributed by atoms with E-state index in [4.69, 9.17) is 4.42 Å². The Balaban J connectivity index is 1.51. The van der Waals surface area contributed by atoms with Gasteiger partial charge < -0.3 is 9.32 Å². The quantitative estimate of drug-likeness (QED) is 0.407. The predicted octanol–water partition coefficient (Wildman–Crippen LogP) is 5.41. The maximum absolute atomic E-state index is 13.0. The summed E-state index contributed by atoms with van der Waals surface area (Å²) in [4.78, 5) is 15.1. The summed E-state index contributed by atoms with van der Waals surface area (Å²) in [6, 6.07) is 16.2. The van der Waals surface area contributed by atoms with Crippen LogP contribution in [0.3, 0.4) is 0 Å². The minimum Gasteiger partial charge on any atom is -0.411 e. The maximum atomic E-state index is 13.0. The average Bonchev–Trinajstić information content (AvgIpc) is 3.26. The fourth-order valence-corrected chi connectivity index (χ4v) is 4.57. The lowest BCUT2D eigenvalue weighted by Gasteiger charge is -2.24. The maximum Gasteiger partial charge on any atom is 0.277 e. The van der Waals surface area contributed by atoms with Crippen LogP contribution in [-0.4, -0.2) is 28.3 Å². The van der Waals surface area contributed by atoms with Crippen LogP contribution in [0.25, 0.3) is 11.5 Å². The van der Waals surface area contributed by atoms with Crippen molar-refractivity contribution in [2.24, 2.45) is 0 Å². The number of likely N-dealkylation sites (N-methyl/N-ethyl adjacent to an activating group) is 1. The summed E-state index contributed by atoms with van der Waals surface area (Å²) in [5, 5.41) is 8.31. The number of benzene rings is 2. The van der Waals surface area contributed by atoms with Gasteiger partial charge in [0.1, 0.15) is 0 Å². The molecule has 6 heteroatoms. The third kappa shape index (κ3) is 3.67. The molecule has 0 saturated carbocycles. The van der Waals surface area contributed by atoms with Crippen LogP contribution in [0.2, 0.25) is 0 Å². The van der Waals surface area contributed by atoms with Gasteiger partial charge in [-0.05, 0) is 37.6 Å². The molecule has 0 bridgehead atoms. The number of rotatable bonds is 5. The van der Waals surface area contributed by atoms with Crippen molar-refractivity contribution in [1.82, 2.24) is 10.2 Å². The van der Waals surface area contributed by atoms with Crippen molar-refractivity contribution in [3.05, 3.63) is 71.4 Å². The van der Waals surface area contributed by atoms with Crippen LogP contribution in [0.5, 0.6) is 0 Å². The first-order valence-corrected chi connectivity index (χ1v) is 10.8. The van der Waals surface area contributed by atoms with Gasteiger partial charge in [0.2, 0.25) is 5.89 Å². The standard InChI is InChI=1S/C24H25N3O2S/c1-15-9-8-10-17(13-15)22-25-26-23(29-22)30-16(2)20(28)14-21-24(3,4)18-11-6-7-12-19(18)27(21)5/h6-14,16H,1-5H3/b21-14-. The first-order valence-electron chi connectivity index (χ1n) is 9.94. The number of anilines is 1. The molecule has 1 aliphatic rings. The Kier molecular flexibility index (Phi) is 5.28. The third-order valence-corrected chi connectivity index (χ3v) is 6.52. The van der Waals surface area contributed by atoms with E-state index in [1.807, 2.05) is 57.3 Å². The average molecular weight is 420 g/mol. The molecule has 0 amide bonds. The van der Waals surface area contributed by atoms with Gasteiger partial charge in [0.05, 0.1) is 5.25 Å². The molecule has 30 heavy (non-hydrogen) atoms. The van der Waals surface area contributed by atoms with E-state index in [-0.39, 0.29) is 16.4 Å². The highest BCUT2D eigenvalue weighted by atomic mass is 32.2. The molecular formula is C24H25N3O2S. The number of carbonyl (C=O) groups excluding carboxylic acids is 1. The van der Waals surface area contributed by atoms with Crippen LogP contribution < -0.4 is 4.90 Å². The molecule has 0 spiro atoms. The number of hydrogen-bond acceptors (Lipinski definition) is 6. The summed E-state index contributed by atoms with van der Waals surface area (Å²) in [6.07, 6.45) is 1.76. The number of nitrogens with zero attached hydrogens (tertiary/aromatic N) is 3. The number of para-hydroxylation sites is 1. The van der Waals surface area contributed by atoms with Gasteiger partial charge in [-0.2, -0.15) is 0 Å². The van der Waals surface area contributed by atoms with E-state index >= 15 is 0 Å². The van der Waals surface area contributed by atoms with E-state index in [9.17, 15) is 4.79 Å². The zero-order valence-electron chi connectivity index (χ0n) is 17.8. The number of fused-ring (bicyclic) bond motifs is 1. The fourth-order valence-electron chi connectivity index (χ4n) is 3.87. The molecule has 0 radical (unpaired) electrons. The van der Waals surface area contributed by atoms with Crippen LogP contribution in [0.1, 0.15) is 31.9 Å². The van der Waals surface area contributed by atoms with Crippen molar-refractivity contribution >= 4 is 23.2 Å². The molecule has 2 heterocycles. The molecule has 154 valence electrons. The first-order chi connectivity index (χ1) is 14.3. The Bertz CT molecular complexity index is 1130. The van der Waals surface area contributed by atoms with Crippen molar-refractivity contribution < 1.29 is 9.21 Å². The fraction of sp³-hybridized carbons (Fsp3) is 0.292. The molecule has 0 aliphatic carbocycles. The Morgan fingerprint density at radius 3 is 2.67 bits per heavy atom. The lowest BCUT2D eigenvalue weighted by Crippen LogP contribution is -2.25. The molecule has 3 aromatic rings. The van der Waals surface area contributed by atoms with E-state index in [1.54, 1.807) is 6.08 Å². The Morgan fingerprint density at radius 1 is 1.17 bits per heavy atom. The molecule has 0 fully saturated rings. The van der Waals surface area contributed by atoms with Gasteiger partial charge >= 0.3 is 0 Å². The molecule has 1 aromatic heterocycles. The number of allylic oxidation sites excluding steroid dienone is 2. The van der Waals surface area contributed by atoms with Gasteiger partial charge in [-0.15, -0.1) is 10.2 Å². The van der Waals surface area contributed by atoms with E-state index in [2.05, 4.69) is 41.1 Å². The minimum atomic E-state index is -0.337. The van der Waals surface area contributed by atoms with Gasteiger partial charge in [-0.1, -0.05) is 61.5 Å². The number of carbonyl (C=O) groups is 1. The number of aryl methyl sites for hydroxylation is 1. The second-order valence-corrected chi connectivity index (χ2v) is 9.43. The molecule has 1 aliphatic heterocycles. The number of thioether (sulfide) groups is 1. The highest BCUT2D eigenvalue weighted by molar-refractivity contribution is 8.00. The SMILES string of the molecule is Cc1cccc(-c2nnc(SC(C)C(=O)/C=C3\N(C)c4ccccc4C3(C)C)o2)c1. The highest BCUT2D eigenvalue weighted by Crippen LogP contribution is 2.46. The van der Waals surface area contributed by atoms with Crippen LogP contribution in [0, 0.1) is 6.92 Å². The molecule has 0 N–H and O–H groups in total. The zero-order valence-corrected chi connectivity index (χ0v) is 18.7. The smallest absolute Gasteiger partial charge is 0.277 e. The zero-order chi connectivity index (χ0) is 21.5. The minimum absolute atomic E-state index is 0.0260. The summed E-state index contributed by atoms with van der Waals surface area (Å²) in [7, 11) is 2.01. The molecule has 4 rings (SSSR count). The van der Waals surface area contributed by atoms with E-state index in [1.165, 1.54) is 17.3 Å². The Hall–Kier alpha value is -2.86. The van der Waals surface area contributed by atoms with Crippen molar-refractivity contribution in [1.29, 1.82) is 0 Å². The lowest BCUT2D eigenvalue weighted by molar-refractivity contribution is -0.114. The number of aromatic nitrogens is 2. The normalized spacial score (nSPS) is 17.2. The van der Waals surface area contributed by atoms with Crippen molar-refractivity contribution in [3.8, 4) is 11.5 Å². The molecule has 5 nitrogen and oxygen atoms in total. The summed E-state index contributed by atoms with van der Waals surface area (Å²) < 4.78 is 5.79. The van der Waals surface area contributed by atoms with Crippen LogP contribution >= 0.6 is 11.8 Å². The third-order valence-electron chi connectivity index (χ3n) is 5.57. The van der Waals surface area contributed by atoms with Gasteiger partial charge in [0.25, 0.3) is 5.22 Å². The van der Waals surface area contributed by atoms with Gasteiger partial charge in [0.15, 0.2) is 5.78 Å². The molecule has 1 atom stereocenters. The Labute approximate surface area is 181 Å². The van der Waals surface area contributed by atoms with E-state index in [0.29, 0.717) is 11.1 Å². The summed E-state index contributed by atoms with van der Waals surface area (Å²) in [5.41, 5.74) is 5.14. The lowest BCUT2D eigenvalue weighted by atomic mass is 9.83. The molecular weight excluding hydrogens is 394 g/mol. The summed E-state index contributed by atoms with van der Waals surface area (Å²) in [6.45, 7) is 8.19. The predicted molar refractivity (Wildman–Crippen MR) is 121 cm³/mol. The molecule has 1 unspecified atom stereocenters. The second kappa shape index (κ2) is 7.76. The van der Waals surface area contributed by atoms with Crippen molar-refractivity contribution in [2.75, 3.05) is 11.9 Å². The van der Waals surface area contributed by atoms with Crippen LogP contribution in [0.15, 0.2) is 69.9 Å². The van der Waals surface area contributed by atoms with Crippen molar-refractivity contribution in [2.45, 2.75) is 43.6 Å². The number of ketones is 1. The number of hydrogen-bond donors (Lipinski definition) is 0. The summed E-state index contributed by atoms with van der Waals surface area (Å²) in [5.74, 6) is 0.490. The van der Waals surface area contributed by atoms with Crippen LogP contribution in [0.4, 0.5) is 5.69 Å². The highest BCUT2D eigenvalue weighted by Gasteiger charge is 2.38. The van der Waals surface area contributed by atoms with Gasteiger partial charge in [-0.3, -0.25) is 4.79 Å². The van der Waals surface area contributed by atoms with Crippen molar-refractivity contribution in [3.63, 3.8) is 0 Å². The van der Waals surface area contributed by atoms with E-state index in [0.717, 1.165) is 22.5 Å². The molecule has 0 saturated heterocycles. The van der Waals surface area contributed by atoms with E-state index < -0.39 is 0 Å². The summed E-state index contributed by atoms with van der Waals surface area (Å²) >= 11 is 1.29. The van der Waals surface area contributed by atoms with Gasteiger partial charge in [0, 0.05) is 35.5 Å². The van der Waals surface area contributed by atoms with Gasteiger partial charge in [-0.25, -0.2) is 0 Å². The first kappa shape index (κ1) is 20.4. The molecule has 2 aromatic carbocycles.